The maximum absolute atomic E-state index is 14.1. The lowest BCUT2D eigenvalue weighted by Gasteiger charge is -2.40. The van der Waals surface area contributed by atoms with Gasteiger partial charge in [-0.1, -0.05) is 38.1 Å². The number of fused-ring (bicyclic) bond motifs is 1. The number of nitrogens with zero attached hydrogens (tertiary/aromatic N) is 2. The van der Waals surface area contributed by atoms with Gasteiger partial charge in [-0.25, -0.2) is 8.78 Å². The maximum Gasteiger partial charge on any atom is 0.245 e. The molecule has 4 rings (SSSR count). The van der Waals surface area contributed by atoms with E-state index >= 15 is 0 Å². The molecule has 2 aliphatic heterocycles. The van der Waals surface area contributed by atoms with Gasteiger partial charge in [-0.2, -0.15) is 0 Å². The molecule has 0 aromatic heterocycles. The summed E-state index contributed by atoms with van der Waals surface area (Å²) in [6.45, 7) is 5.06. The molecular weight excluding hydrogens is 438 g/mol. The Balaban J connectivity index is 1.47. The van der Waals surface area contributed by atoms with Crippen molar-refractivity contribution in [2.45, 2.75) is 52.1 Å². The van der Waals surface area contributed by atoms with E-state index in [1.54, 1.807) is 9.80 Å². The van der Waals surface area contributed by atoms with Crippen LogP contribution >= 0.6 is 0 Å². The summed E-state index contributed by atoms with van der Waals surface area (Å²) in [5, 5.41) is 0. The number of rotatable bonds is 5. The van der Waals surface area contributed by atoms with E-state index in [1.165, 1.54) is 0 Å². The minimum Gasteiger partial charge on any atom is -0.341 e. The van der Waals surface area contributed by atoms with E-state index in [9.17, 15) is 23.2 Å². The van der Waals surface area contributed by atoms with Crippen molar-refractivity contribution < 1.29 is 23.2 Å². The van der Waals surface area contributed by atoms with E-state index in [0.717, 1.165) is 29.3 Å². The van der Waals surface area contributed by atoms with Crippen LogP contribution in [0.15, 0.2) is 42.5 Å². The highest BCUT2D eigenvalue weighted by molar-refractivity contribution is 5.98. The molecule has 2 aromatic carbocycles. The highest BCUT2D eigenvalue weighted by Gasteiger charge is 2.38. The Morgan fingerprint density at radius 1 is 1.00 bits per heavy atom. The van der Waals surface area contributed by atoms with Crippen molar-refractivity contribution in [1.29, 1.82) is 0 Å². The summed E-state index contributed by atoms with van der Waals surface area (Å²) < 4.78 is 27.6. The Labute approximate surface area is 198 Å². The van der Waals surface area contributed by atoms with Gasteiger partial charge in [-0.05, 0) is 48.1 Å². The number of benzene rings is 2. The van der Waals surface area contributed by atoms with Crippen molar-refractivity contribution in [2.75, 3.05) is 13.1 Å². The van der Waals surface area contributed by atoms with Gasteiger partial charge in [0.05, 0.1) is 5.56 Å². The molecule has 180 valence electrons. The topological polar surface area (TPSA) is 57.7 Å². The molecule has 0 saturated carbocycles. The predicted molar refractivity (Wildman–Crippen MR) is 124 cm³/mol. The van der Waals surface area contributed by atoms with Gasteiger partial charge in [-0.15, -0.1) is 0 Å². The molecule has 5 nitrogen and oxygen atoms in total. The molecule has 0 aliphatic carbocycles. The summed E-state index contributed by atoms with van der Waals surface area (Å²) in [5.41, 5.74) is 1.89. The summed E-state index contributed by atoms with van der Waals surface area (Å²) in [6, 6.07) is 10.2. The molecule has 2 aromatic rings. The third kappa shape index (κ3) is 5.03. The first-order valence-electron chi connectivity index (χ1n) is 11.9. The minimum atomic E-state index is -0.731. The molecule has 0 bridgehead atoms. The van der Waals surface area contributed by atoms with Gasteiger partial charge in [-0.3, -0.25) is 14.4 Å². The molecule has 7 heteroatoms. The molecule has 2 aliphatic rings. The van der Waals surface area contributed by atoms with E-state index in [-0.39, 0.29) is 23.3 Å². The van der Waals surface area contributed by atoms with Gasteiger partial charge in [0.25, 0.3) is 0 Å². The summed E-state index contributed by atoms with van der Waals surface area (Å²) in [7, 11) is 0. The van der Waals surface area contributed by atoms with Gasteiger partial charge in [0.2, 0.25) is 11.8 Å². The first-order valence-corrected chi connectivity index (χ1v) is 11.9. The monoisotopic (exact) mass is 468 g/mol. The number of Topliss-reactive ketones (excluding diaryl/α,β-unsaturated/α-hetero) is 1. The van der Waals surface area contributed by atoms with Crippen LogP contribution < -0.4 is 0 Å². The number of amides is 2. The molecule has 34 heavy (non-hydrogen) atoms. The lowest BCUT2D eigenvalue weighted by atomic mass is 9.87. The first-order chi connectivity index (χ1) is 16.2. The Kier molecular flexibility index (Phi) is 7.10. The molecule has 1 fully saturated rings. The number of carbonyl (C=O) groups is 3. The first kappa shape index (κ1) is 24.0. The van der Waals surface area contributed by atoms with Crippen LogP contribution in [0.25, 0.3) is 0 Å². The van der Waals surface area contributed by atoms with Gasteiger partial charge in [0.1, 0.15) is 17.7 Å². The average Bonchev–Trinajstić information content (AvgIpc) is 2.83. The van der Waals surface area contributed by atoms with Crippen molar-refractivity contribution in [3.05, 3.63) is 70.8 Å². The van der Waals surface area contributed by atoms with Crippen molar-refractivity contribution in [2.24, 2.45) is 11.8 Å². The molecule has 2 heterocycles. The zero-order chi connectivity index (χ0) is 24.4. The van der Waals surface area contributed by atoms with Crippen LogP contribution in [-0.4, -0.2) is 46.5 Å². The molecule has 1 unspecified atom stereocenters. The summed E-state index contributed by atoms with van der Waals surface area (Å²) >= 11 is 0. The highest BCUT2D eigenvalue weighted by atomic mass is 19.1. The smallest absolute Gasteiger partial charge is 0.245 e. The molecule has 1 saturated heterocycles. The number of piperidine rings is 1. The van der Waals surface area contributed by atoms with Crippen LogP contribution in [-0.2, 0) is 22.6 Å². The van der Waals surface area contributed by atoms with E-state index in [2.05, 4.69) is 0 Å². The number of hydrogen-bond acceptors (Lipinski definition) is 3. The van der Waals surface area contributed by atoms with Gasteiger partial charge in [0.15, 0.2) is 5.78 Å². The number of hydrogen-bond donors (Lipinski definition) is 0. The van der Waals surface area contributed by atoms with Crippen molar-refractivity contribution >= 4 is 17.6 Å². The zero-order valence-electron chi connectivity index (χ0n) is 19.6. The largest absolute Gasteiger partial charge is 0.341 e. The maximum atomic E-state index is 14.1. The normalized spacial score (nSPS) is 18.7. The number of ketones is 1. The molecular formula is C27H30F2N2O3. The van der Waals surface area contributed by atoms with Gasteiger partial charge < -0.3 is 9.80 Å². The fourth-order valence-electron chi connectivity index (χ4n) is 4.95. The SMILES string of the molecule is CC(C)CC(=O)N1Cc2ccccc2CC1C(=O)N1CCC(C(=O)c2cc(F)ccc2F)CC1. The van der Waals surface area contributed by atoms with E-state index < -0.39 is 29.4 Å². The summed E-state index contributed by atoms with van der Waals surface area (Å²) in [5.74, 6) is -2.24. The second kappa shape index (κ2) is 10.0. The number of halogens is 2. The zero-order valence-corrected chi connectivity index (χ0v) is 19.6. The van der Waals surface area contributed by atoms with Crippen LogP contribution in [0, 0.1) is 23.5 Å². The second-order valence-corrected chi connectivity index (χ2v) is 9.70. The van der Waals surface area contributed by atoms with Crippen LogP contribution in [0.3, 0.4) is 0 Å². The minimum absolute atomic E-state index is 0.0329. The van der Waals surface area contributed by atoms with Gasteiger partial charge in [0, 0.05) is 38.4 Å². The van der Waals surface area contributed by atoms with E-state index in [1.807, 2.05) is 38.1 Å². The second-order valence-electron chi connectivity index (χ2n) is 9.70. The Bertz CT molecular complexity index is 1090. The highest BCUT2D eigenvalue weighted by Crippen LogP contribution is 2.29. The summed E-state index contributed by atoms with van der Waals surface area (Å²) in [6.07, 6.45) is 1.60. The van der Waals surface area contributed by atoms with Crippen molar-refractivity contribution in [3.63, 3.8) is 0 Å². The average molecular weight is 469 g/mol. The van der Waals surface area contributed by atoms with Crippen LogP contribution in [0.2, 0.25) is 0 Å². The Hall–Kier alpha value is -3.09. The Morgan fingerprint density at radius 3 is 2.35 bits per heavy atom. The number of carbonyl (C=O) groups excluding carboxylic acids is 3. The molecule has 1 atom stereocenters. The lowest BCUT2D eigenvalue weighted by molar-refractivity contribution is -0.148. The van der Waals surface area contributed by atoms with Crippen LogP contribution in [0.5, 0.6) is 0 Å². The standard InChI is InChI=1S/C27H30F2N2O3/c1-17(2)13-25(32)31-16-20-6-4-3-5-19(20)14-24(31)27(34)30-11-9-18(10-12-30)26(33)22-15-21(28)7-8-23(22)29/h3-8,15,17-18,24H,9-14,16H2,1-2H3. The third-order valence-corrected chi connectivity index (χ3v) is 6.81. The number of likely N-dealkylation sites (tertiary alicyclic amines) is 1. The lowest BCUT2D eigenvalue weighted by Crippen LogP contribution is -2.55. The third-order valence-electron chi connectivity index (χ3n) is 6.81. The molecule has 0 spiro atoms. The van der Waals surface area contributed by atoms with Crippen molar-refractivity contribution in [1.82, 2.24) is 9.80 Å². The quantitative estimate of drug-likeness (QED) is 0.612. The van der Waals surface area contributed by atoms with E-state index in [0.29, 0.717) is 45.3 Å². The molecule has 0 N–H and O–H groups in total. The van der Waals surface area contributed by atoms with E-state index in [4.69, 9.17) is 0 Å². The molecule has 0 radical (unpaired) electrons. The van der Waals surface area contributed by atoms with Gasteiger partial charge >= 0.3 is 0 Å². The Morgan fingerprint density at radius 2 is 1.68 bits per heavy atom. The summed E-state index contributed by atoms with van der Waals surface area (Å²) in [4.78, 5) is 42.7. The fraction of sp³-hybridized carbons (Fsp3) is 0.444. The molecule has 2 amide bonds. The van der Waals surface area contributed by atoms with Crippen molar-refractivity contribution in [3.8, 4) is 0 Å². The fourth-order valence-corrected chi connectivity index (χ4v) is 4.95. The van der Waals surface area contributed by atoms with Crippen LogP contribution in [0.1, 0.15) is 54.6 Å². The van der Waals surface area contributed by atoms with Crippen LogP contribution in [0.4, 0.5) is 8.78 Å². The predicted octanol–water partition coefficient (Wildman–Crippen LogP) is 4.39.